The van der Waals surface area contributed by atoms with Crippen molar-refractivity contribution in [3.05, 3.63) is 88.0 Å². The molecule has 0 saturated carbocycles. The quantitative estimate of drug-likeness (QED) is 0.435. The lowest BCUT2D eigenvalue weighted by atomic mass is 10.1. The summed E-state index contributed by atoms with van der Waals surface area (Å²) in [4.78, 5) is 16.7. The van der Waals surface area contributed by atoms with Crippen molar-refractivity contribution in [1.82, 2.24) is 14.0 Å². The molecule has 1 aliphatic heterocycles. The van der Waals surface area contributed by atoms with Crippen LogP contribution in [0.3, 0.4) is 0 Å². The van der Waals surface area contributed by atoms with E-state index < -0.39 is 5.82 Å². The molecular weight excluding hydrogens is 421 g/mol. The molecule has 0 unspecified atom stereocenters. The van der Waals surface area contributed by atoms with Gasteiger partial charge in [0.05, 0.1) is 11.9 Å². The Labute approximate surface area is 182 Å². The summed E-state index contributed by atoms with van der Waals surface area (Å²) >= 11 is 6.29. The Hall–Kier alpha value is -3.16. The minimum Gasteiger partial charge on any atom is -0.487 e. The third-order valence-electron chi connectivity index (χ3n) is 5.34. The SMILES string of the molecule is O=c1cc(OCc2ccc(F)cn2)ccn1-c1ccc2oc3c(c2c1)CN(Cl)CCC3. The van der Waals surface area contributed by atoms with Crippen LogP contribution in [0.5, 0.6) is 5.75 Å². The normalized spacial score (nSPS) is 14.4. The van der Waals surface area contributed by atoms with Crippen LogP contribution >= 0.6 is 11.8 Å². The summed E-state index contributed by atoms with van der Waals surface area (Å²) in [5, 5.41) is 0.967. The Balaban J connectivity index is 1.42. The number of rotatable bonds is 4. The Morgan fingerprint density at radius 1 is 1.19 bits per heavy atom. The van der Waals surface area contributed by atoms with Crippen LogP contribution in [0.2, 0.25) is 0 Å². The summed E-state index contributed by atoms with van der Waals surface area (Å²) < 4.78 is 27.9. The van der Waals surface area contributed by atoms with E-state index in [0.29, 0.717) is 18.0 Å². The number of aromatic nitrogens is 2. The summed E-state index contributed by atoms with van der Waals surface area (Å²) in [5.41, 5.74) is 2.95. The van der Waals surface area contributed by atoms with E-state index in [-0.39, 0.29) is 12.2 Å². The van der Waals surface area contributed by atoms with Crippen LogP contribution in [0.15, 0.2) is 64.1 Å². The van der Waals surface area contributed by atoms with Crippen LogP contribution in [0.25, 0.3) is 16.7 Å². The monoisotopic (exact) mass is 439 g/mol. The van der Waals surface area contributed by atoms with Gasteiger partial charge in [0.1, 0.15) is 29.5 Å². The molecule has 0 bridgehead atoms. The Morgan fingerprint density at radius 3 is 2.90 bits per heavy atom. The predicted molar refractivity (Wildman–Crippen MR) is 115 cm³/mol. The predicted octanol–water partition coefficient (Wildman–Crippen LogP) is 4.60. The largest absolute Gasteiger partial charge is 0.487 e. The topological polar surface area (TPSA) is 60.5 Å². The zero-order valence-corrected chi connectivity index (χ0v) is 17.3. The molecule has 0 aliphatic carbocycles. The summed E-state index contributed by atoms with van der Waals surface area (Å²) in [6.07, 6.45) is 4.59. The number of pyridine rings is 2. The number of hydrogen-bond acceptors (Lipinski definition) is 5. The fourth-order valence-electron chi connectivity index (χ4n) is 3.79. The van der Waals surface area contributed by atoms with Crippen LogP contribution in [0.1, 0.15) is 23.4 Å². The van der Waals surface area contributed by atoms with E-state index in [4.69, 9.17) is 20.9 Å². The standard InChI is InChI=1S/C23H19ClFN3O3/c24-27-8-1-2-21-20(13-27)19-10-17(5-6-22(19)31-21)28-9-7-18(11-23(28)29)30-14-16-4-3-15(25)12-26-16/h3-7,9-12H,1-2,8,13-14H2. The Bertz CT molecular complexity index is 1300. The lowest BCUT2D eigenvalue weighted by molar-refractivity contribution is 0.300. The van der Waals surface area contributed by atoms with Crippen molar-refractivity contribution in [2.75, 3.05) is 6.54 Å². The molecule has 8 heteroatoms. The first kappa shape index (κ1) is 19.8. The number of aryl methyl sites for hydroxylation is 1. The molecule has 0 saturated heterocycles. The summed E-state index contributed by atoms with van der Waals surface area (Å²) in [7, 11) is 0. The third-order valence-corrected chi connectivity index (χ3v) is 5.63. The molecule has 0 radical (unpaired) electrons. The number of furan rings is 1. The fraction of sp³-hybridized carbons (Fsp3) is 0.217. The molecule has 0 fully saturated rings. The second kappa shape index (κ2) is 8.17. The highest BCUT2D eigenvalue weighted by Gasteiger charge is 2.20. The molecule has 158 valence electrons. The number of hydrogen-bond donors (Lipinski definition) is 0. The van der Waals surface area contributed by atoms with Crippen LogP contribution in [-0.2, 0) is 19.6 Å². The molecule has 4 aromatic rings. The van der Waals surface area contributed by atoms with Crippen molar-refractivity contribution >= 4 is 22.7 Å². The highest BCUT2D eigenvalue weighted by Crippen LogP contribution is 2.32. The molecule has 1 aromatic carbocycles. The second-order valence-corrected chi connectivity index (χ2v) is 7.94. The molecule has 0 amide bonds. The third kappa shape index (κ3) is 4.06. The summed E-state index contributed by atoms with van der Waals surface area (Å²) in [6.45, 7) is 1.56. The molecular formula is C23H19ClFN3O3. The van der Waals surface area contributed by atoms with Crippen molar-refractivity contribution in [1.29, 1.82) is 0 Å². The lowest BCUT2D eigenvalue weighted by Gasteiger charge is -2.10. The van der Waals surface area contributed by atoms with E-state index in [2.05, 4.69) is 4.98 Å². The van der Waals surface area contributed by atoms with E-state index in [0.717, 1.165) is 53.6 Å². The Kier molecular flexibility index (Phi) is 5.21. The average molecular weight is 440 g/mol. The van der Waals surface area contributed by atoms with Crippen molar-refractivity contribution in [2.45, 2.75) is 26.0 Å². The number of nitrogens with zero attached hydrogens (tertiary/aromatic N) is 3. The maximum absolute atomic E-state index is 13.0. The van der Waals surface area contributed by atoms with E-state index >= 15 is 0 Å². The average Bonchev–Trinajstić information content (AvgIpc) is 2.98. The van der Waals surface area contributed by atoms with Crippen LogP contribution < -0.4 is 10.3 Å². The highest BCUT2D eigenvalue weighted by molar-refractivity contribution is 6.13. The first-order valence-electron chi connectivity index (χ1n) is 9.98. The zero-order chi connectivity index (χ0) is 21.4. The van der Waals surface area contributed by atoms with E-state index in [9.17, 15) is 9.18 Å². The molecule has 31 heavy (non-hydrogen) atoms. The van der Waals surface area contributed by atoms with Gasteiger partial charge in [-0.1, -0.05) is 0 Å². The van der Waals surface area contributed by atoms with Gasteiger partial charge in [0.2, 0.25) is 0 Å². The van der Waals surface area contributed by atoms with E-state index in [1.165, 1.54) is 12.1 Å². The fourth-order valence-corrected chi connectivity index (χ4v) is 4.03. The van der Waals surface area contributed by atoms with Gasteiger partial charge in [-0.3, -0.25) is 14.3 Å². The van der Waals surface area contributed by atoms with E-state index in [1.807, 2.05) is 18.2 Å². The maximum atomic E-state index is 13.0. The molecule has 0 atom stereocenters. The molecule has 1 aliphatic rings. The van der Waals surface area contributed by atoms with E-state index in [1.54, 1.807) is 27.3 Å². The Morgan fingerprint density at radius 2 is 2.10 bits per heavy atom. The first-order valence-corrected chi connectivity index (χ1v) is 10.3. The zero-order valence-electron chi connectivity index (χ0n) is 16.6. The van der Waals surface area contributed by atoms with Gasteiger partial charge in [0.25, 0.3) is 5.56 Å². The van der Waals surface area contributed by atoms with Crippen LogP contribution in [0, 0.1) is 5.82 Å². The van der Waals surface area contributed by atoms with Crippen molar-refractivity contribution in [2.24, 2.45) is 0 Å². The minimum absolute atomic E-state index is 0.145. The summed E-state index contributed by atoms with van der Waals surface area (Å²) in [5.74, 6) is 0.973. The highest BCUT2D eigenvalue weighted by atomic mass is 35.5. The number of fused-ring (bicyclic) bond motifs is 3. The van der Waals surface area contributed by atoms with Gasteiger partial charge in [-0.15, -0.1) is 0 Å². The number of benzene rings is 1. The van der Waals surface area contributed by atoms with Gasteiger partial charge in [0.15, 0.2) is 0 Å². The number of halogens is 2. The van der Waals surface area contributed by atoms with Gasteiger partial charge in [0, 0.05) is 48.4 Å². The minimum atomic E-state index is -0.406. The maximum Gasteiger partial charge on any atom is 0.258 e. The molecule has 4 heterocycles. The van der Waals surface area contributed by atoms with Gasteiger partial charge >= 0.3 is 0 Å². The van der Waals surface area contributed by atoms with Crippen molar-refractivity contribution in [3.8, 4) is 11.4 Å². The van der Waals surface area contributed by atoms with Gasteiger partial charge in [-0.05, 0) is 54.6 Å². The summed E-state index contributed by atoms with van der Waals surface area (Å²) in [6, 6.07) is 11.7. The molecule has 0 N–H and O–H groups in total. The molecule has 3 aromatic heterocycles. The van der Waals surface area contributed by atoms with Crippen LogP contribution in [-0.4, -0.2) is 20.5 Å². The second-order valence-electron chi connectivity index (χ2n) is 7.46. The lowest BCUT2D eigenvalue weighted by Crippen LogP contribution is -2.16. The van der Waals surface area contributed by atoms with Crippen molar-refractivity contribution < 1.29 is 13.5 Å². The number of ether oxygens (including phenoxy) is 1. The first-order chi connectivity index (χ1) is 15.1. The molecule has 6 nitrogen and oxygen atoms in total. The smallest absolute Gasteiger partial charge is 0.258 e. The van der Waals surface area contributed by atoms with Gasteiger partial charge in [-0.2, -0.15) is 0 Å². The van der Waals surface area contributed by atoms with Crippen molar-refractivity contribution in [3.63, 3.8) is 0 Å². The van der Waals surface area contributed by atoms with Gasteiger partial charge < -0.3 is 9.15 Å². The van der Waals surface area contributed by atoms with Gasteiger partial charge in [-0.25, -0.2) is 8.81 Å². The molecule has 5 rings (SSSR count). The molecule has 0 spiro atoms. The van der Waals surface area contributed by atoms with Crippen LogP contribution in [0.4, 0.5) is 4.39 Å².